The van der Waals surface area contributed by atoms with Crippen molar-refractivity contribution in [2.75, 3.05) is 25.6 Å². The van der Waals surface area contributed by atoms with Gasteiger partial charge in [0, 0.05) is 59.9 Å². The number of methoxy groups -OCH3 is 1. The average molecular weight is 616 g/mol. The molecule has 2 aliphatic rings. The summed E-state index contributed by atoms with van der Waals surface area (Å²) in [6.45, 7) is 2.68. The number of hydrogen-bond donors (Lipinski definition) is 5. The fourth-order valence-corrected chi connectivity index (χ4v) is 7.00. The number of aromatic hydroxyl groups is 1. The molecule has 0 spiro atoms. The van der Waals surface area contributed by atoms with Crippen LogP contribution in [0.3, 0.4) is 0 Å². The molecule has 0 saturated heterocycles. The maximum Gasteiger partial charge on any atom is 0.170 e. The zero-order chi connectivity index (χ0) is 32.0. The number of hydrogen-bond acceptors (Lipinski definition) is 8. The third kappa shape index (κ3) is 6.84. The monoisotopic (exact) mass is 615 g/mol. The molecule has 5 N–H and O–H groups in total. The molecule has 0 unspecified atom stereocenters. The van der Waals surface area contributed by atoms with Gasteiger partial charge in [-0.05, 0) is 66.6 Å². The van der Waals surface area contributed by atoms with Crippen LogP contribution < -0.4 is 10.1 Å². The number of pyridine rings is 1. The lowest BCUT2D eigenvalue weighted by Gasteiger charge is -2.44. The number of H-pyrrole nitrogens is 1. The van der Waals surface area contributed by atoms with E-state index in [-0.39, 0.29) is 37.4 Å². The van der Waals surface area contributed by atoms with Crippen LogP contribution in [0.15, 0.2) is 48.8 Å². The highest BCUT2D eigenvalue weighted by atomic mass is 16.5. The van der Waals surface area contributed by atoms with E-state index in [4.69, 9.17) is 4.74 Å². The van der Waals surface area contributed by atoms with Crippen molar-refractivity contribution in [3.8, 4) is 11.5 Å². The van der Waals surface area contributed by atoms with Crippen molar-refractivity contribution in [3.63, 3.8) is 0 Å². The second-order valence-electron chi connectivity index (χ2n) is 12.4. The maximum atomic E-state index is 12.9. The number of aliphatic hydroxyl groups is 2. The summed E-state index contributed by atoms with van der Waals surface area (Å²) in [5.74, 6) is -0.432. The topological polar surface area (TPSA) is 145 Å². The number of unbranched alkanes of at least 4 members (excludes halogenated alkanes) is 4. The third-order valence-corrected chi connectivity index (χ3v) is 9.31. The Hall–Kier alpha value is -3.95. The first kappa shape index (κ1) is 32.4. The molecular weight excluding hydrogens is 570 g/mol. The molecule has 3 atom stereocenters. The van der Waals surface area contributed by atoms with Gasteiger partial charge in [-0.2, -0.15) is 0 Å². The Morgan fingerprint density at radius 2 is 1.91 bits per heavy atom. The Balaban J connectivity index is 1.47. The summed E-state index contributed by atoms with van der Waals surface area (Å²) < 4.78 is 5.61. The number of ketones is 2. The van der Waals surface area contributed by atoms with Crippen molar-refractivity contribution in [1.82, 2.24) is 9.97 Å². The van der Waals surface area contributed by atoms with Gasteiger partial charge in [0.2, 0.25) is 0 Å². The van der Waals surface area contributed by atoms with Crippen LogP contribution in [0.2, 0.25) is 0 Å². The van der Waals surface area contributed by atoms with Gasteiger partial charge >= 0.3 is 0 Å². The Morgan fingerprint density at radius 3 is 2.64 bits per heavy atom. The van der Waals surface area contributed by atoms with Crippen LogP contribution in [0.4, 0.5) is 5.82 Å². The molecule has 1 aliphatic heterocycles. The van der Waals surface area contributed by atoms with Gasteiger partial charge in [-0.25, -0.2) is 4.98 Å². The highest BCUT2D eigenvalue weighted by Crippen LogP contribution is 2.56. The number of aliphatic hydroxyl groups excluding tert-OH is 2. The van der Waals surface area contributed by atoms with E-state index < -0.39 is 29.0 Å². The fourth-order valence-electron chi connectivity index (χ4n) is 7.00. The number of aromatic amines is 1. The number of phenolic OH excluding ortho intramolecular Hbond substituents is 1. The molecular formula is C36H45N3O6. The van der Waals surface area contributed by atoms with Crippen LogP contribution in [0.25, 0.3) is 5.57 Å². The molecule has 1 aliphatic carbocycles. The molecule has 9 nitrogen and oxygen atoms in total. The normalized spacial score (nSPS) is 19.3. The lowest BCUT2D eigenvalue weighted by Crippen LogP contribution is -2.38. The molecule has 45 heavy (non-hydrogen) atoms. The first-order chi connectivity index (χ1) is 21.8. The molecule has 0 fully saturated rings. The number of Topliss-reactive ketones (excluding diaryl/α,β-unsaturated/α-hetero) is 2. The Kier molecular flexibility index (Phi) is 10.4. The van der Waals surface area contributed by atoms with E-state index in [1.54, 1.807) is 12.3 Å². The number of nitrogens with one attached hydrogen (secondary N) is 2. The van der Waals surface area contributed by atoms with Crippen LogP contribution >= 0.6 is 0 Å². The van der Waals surface area contributed by atoms with E-state index in [0.29, 0.717) is 18.4 Å². The maximum absolute atomic E-state index is 12.9. The molecule has 240 valence electrons. The number of rotatable bonds is 16. The van der Waals surface area contributed by atoms with E-state index in [1.165, 1.54) is 7.11 Å². The zero-order valence-electron chi connectivity index (χ0n) is 26.3. The summed E-state index contributed by atoms with van der Waals surface area (Å²) in [4.78, 5) is 33.3. The largest absolute Gasteiger partial charge is 0.504 e. The number of aromatic nitrogens is 2. The first-order valence-electron chi connectivity index (χ1n) is 16.1. The average Bonchev–Trinajstić information content (AvgIpc) is 3.57. The molecule has 9 heteroatoms. The Labute approximate surface area is 264 Å². The number of ether oxygens (including phenoxy) is 1. The second-order valence-corrected chi connectivity index (χ2v) is 12.4. The fraction of sp³-hybridized carbons (Fsp3) is 0.472. The number of carbonyl (C=O) groups excluding carboxylic acids is 2. The quantitative estimate of drug-likeness (QED) is 0.105. The second kappa shape index (κ2) is 14.4. The van der Waals surface area contributed by atoms with Crippen molar-refractivity contribution >= 4 is 23.0 Å². The van der Waals surface area contributed by atoms with Crippen molar-refractivity contribution in [2.45, 2.75) is 83.2 Å². The predicted molar refractivity (Wildman–Crippen MR) is 174 cm³/mol. The van der Waals surface area contributed by atoms with Gasteiger partial charge in [0.05, 0.1) is 13.7 Å². The van der Waals surface area contributed by atoms with E-state index >= 15 is 0 Å². The summed E-state index contributed by atoms with van der Waals surface area (Å²) in [7, 11) is 1.48. The SMILES string of the molecule is CCCCCCCC(=O)[C@H](O)C(=O)CCc1cc(OC)c(O)c([C@@H]2c3ccnc4c3C(=C[C@]2(CO)Cc2ccc[nH]2)CCN4)c1. The van der Waals surface area contributed by atoms with Crippen LogP contribution in [0.1, 0.15) is 92.2 Å². The highest BCUT2D eigenvalue weighted by Gasteiger charge is 2.46. The minimum atomic E-state index is -1.63. The molecule has 1 aromatic carbocycles. The van der Waals surface area contributed by atoms with Gasteiger partial charge in [-0.15, -0.1) is 0 Å². The number of carbonyl (C=O) groups is 2. The van der Waals surface area contributed by atoms with Crippen molar-refractivity contribution in [2.24, 2.45) is 5.41 Å². The lowest BCUT2D eigenvalue weighted by molar-refractivity contribution is -0.138. The molecule has 0 bridgehead atoms. The summed E-state index contributed by atoms with van der Waals surface area (Å²) in [5, 5.41) is 36.6. The van der Waals surface area contributed by atoms with E-state index in [0.717, 1.165) is 72.4 Å². The highest BCUT2D eigenvalue weighted by molar-refractivity contribution is 6.05. The van der Waals surface area contributed by atoms with Crippen LogP contribution in [-0.2, 0) is 22.4 Å². The minimum Gasteiger partial charge on any atom is -0.504 e. The molecule has 2 aromatic heterocycles. The number of benzene rings is 1. The van der Waals surface area contributed by atoms with E-state index in [9.17, 15) is 24.9 Å². The van der Waals surface area contributed by atoms with Crippen molar-refractivity contribution in [1.29, 1.82) is 0 Å². The first-order valence-corrected chi connectivity index (χ1v) is 16.1. The zero-order valence-corrected chi connectivity index (χ0v) is 26.3. The number of nitrogens with zero attached hydrogens (tertiary/aromatic N) is 1. The molecule has 0 saturated carbocycles. The number of phenols is 1. The van der Waals surface area contributed by atoms with Crippen LogP contribution in [0, 0.1) is 5.41 Å². The summed E-state index contributed by atoms with van der Waals surface area (Å²) in [6.07, 6.45) is 10.6. The smallest absolute Gasteiger partial charge is 0.170 e. The van der Waals surface area contributed by atoms with Gasteiger partial charge in [0.1, 0.15) is 5.82 Å². The minimum absolute atomic E-state index is 0.0347. The van der Waals surface area contributed by atoms with Crippen LogP contribution in [-0.4, -0.2) is 63.2 Å². The standard InChI is InChI=1S/C36H45N3O6/c1-3-4-5-6-7-10-28(41)34(44)29(42)12-11-23-18-27(33(43)30(19-23)45-2)32-26-14-17-39-35-31(26)24(13-16-38-35)20-36(32,22-40)21-25-9-8-15-37-25/h8-9,14-15,17-20,32,34,37,40,43-44H,3-7,10-13,16,21-22H2,1-2H3,(H,38,39)/t32-,34-,36+/m0/s1. The molecule has 0 radical (unpaired) electrons. The summed E-state index contributed by atoms with van der Waals surface area (Å²) >= 11 is 0. The van der Waals surface area contributed by atoms with E-state index in [2.05, 4.69) is 28.3 Å². The Morgan fingerprint density at radius 1 is 1.11 bits per heavy atom. The van der Waals surface area contributed by atoms with Crippen molar-refractivity contribution in [3.05, 3.63) is 76.7 Å². The summed E-state index contributed by atoms with van der Waals surface area (Å²) in [6, 6.07) is 9.42. The van der Waals surface area contributed by atoms with Crippen LogP contribution in [0.5, 0.6) is 11.5 Å². The molecule has 3 heterocycles. The molecule has 3 aromatic rings. The molecule has 0 amide bonds. The van der Waals surface area contributed by atoms with Gasteiger partial charge in [-0.1, -0.05) is 44.7 Å². The Bertz CT molecular complexity index is 1530. The number of aryl methyl sites for hydroxylation is 1. The van der Waals surface area contributed by atoms with E-state index in [1.807, 2.05) is 30.5 Å². The number of anilines is 1. The third-order valence-electron chi connectivity index (χ3n) is 9.31. The van der Waals surface area contributed by atoms with Gasteiger partial charge < -0.3 is 30.4 Å². The predicted octanol–water partition coefficient (Wildman–Crippen LogP) is 5.48. The van der Waals surface area contributed by atoms with Gasteiger partial charge in [0.25, 0.3) is 0 Å². The van der Waals surface area contributed by atoms with Crippen molar-refractivity contribution < 1.29 is 29.6 Å². The lowest BCUT2D eigenvalue weighted by atomic mass is 9.61. The van der Waals surface area contributed by atoms with Gasteiger partial charge in [0.15, 0.2) is 29.2 Å². The van der Waals surface area contributed by atoms with Gasteiger partial charge in [-0.3, -0.25) is 9.59 Å². The molecule has 5 rings (SSSR count). The summed E-state index contributed by atoms with van der Waals surface area (Å²) in [5.41, 5.74) is 4.47.